The molecule has 1 aromatic heterocycles. The number of carbonyl (C=O) groups is 1. The van der Waals surface area contributed by atoms with Crippen LogP contribution in [0.15, 0.2) is 6.07 Å². The fraction of sp³-hybridized carbons (Fsp3) is 0.600. The second-order valence-electron chi connectivity index (χ2n) is 5.46. The lowest BCUT2D eigenvalue weighted by atomic mass is 9.99. The van der Waals surface area contributed by atoms with Crippen molar-refractivity contribution >= 4 is 5.97 Å². The number of carboxylic acid groups (broad SMARTS) is 1. The van der Waals surface area contributed by atoms with E-state index in [1.54, 1.807) is 0 Å². The number of fused-ring (bicyclic) bond motifs is 1. The van der Waals surface area contributed by atoms with Crippen LogP contribution in [-0.4, -0.2) is 33.5 Å². The van der Waals surface area contributed by atoms with Crippen LogP contribution in [0, 0.1) is 0 Å². The maximum absolute atomic E-state index is 11.3. The Morgan fingerprint density at radius 3 is 2.84 bits per heavy atom. The molecule has 0 saturated heterocycles. The van der Waals surface area contributed by atoms with Crippen LogP contribution in [0.1, 0.15) is 54.5 Å². The Morgan fingerprint density at radius 2 is 2.26 bits per heavy atom. The Kier molecular flexibility index (Phi) is 4.20. The van der Waals surface area contributed by atoms with Gasteiger partial charge in [0.2, 0.25) is 0 Å². The quantitative estimate of drug-likeness (QED) is 0.905. The first-order valence-electron chi connectivity index (χ1n) is 7.02. The van der Waals surface area contributed by atoms with E-state index in [0.717, 1.165) is 49.3 Å². The minimum absolute atomic E-state index is 0.381. The molecular formula is C15H22N2O2. The van der Waals surface area contributed by atoms with E-state index in [-0.39, 0.29) is 0 Å². The SMILES string of the molecule is CCCc1nc2c(cc1C(=O)O)CN(C(C)C)CC2. The molecule has 0 bridgehead atoms. The molecule has 4 heteroatoms. The van der Waals surface area contributed by atoms with Gasteiger partial charge in [0.05, 0.1) is 11.3 Å². The van der Waals surface area contributed by atoms with Gasteiger partial charge in [-0.2, -0.15) is 0 Å². The molecule has 0 aliphatic carbocycles. The highest BCUT2D eigenvalue weighted by Crippen LogP contribution is 2.22. The number of carboxylic acids is 1. The van der Waals surface area contributed by atoms with Gasteiger partial charge in [-0.15, -0.1) is 0 Å². The third-order valence-corrected chi connectivity index (χ3v) is 3.73. The number of aryl methyl sites for hydroxylation is 1. The normalized spacial score (nSPS) is 15.6. The summed E-state index contributed by atoms with van der Waals surface area (Å²) in [4.78, 5) is 18.3. The molecule has 1 aliphatic rings. The van der Waals surface area contributed by atoms with Crippen LogP contribution in [0.3, 0.4) is 0 Å². The summed E-state index contributed by atoms with van der Waals surface area (Å²) in [5.41, 5.74) is 3.29. The maximum Gasteiger partial charge on any atom is 0.337 e. The molecule has 0 spiro atoms. The molecule has 2 heterocycles. The molecule has 0 aromatic carbocycles. The van der Waals surface area contributed by atoms with Gasteiger partial charge in [0.15, 0.2) is 0 Å². The fourth-order valence-electron chi connectivity index (χ4n) is 2.59. The van der Waals surface area contributed by atoms with Crippen LogP contribution in [-0.2, 0) is 19.4 Å². The van der Waals surface area contributed by atoms with Crippen molar-refractivity contribution < 1.29 is 9.90 Å². The molecule has 0 saturated carbocycles. The summed E-state index contributed by atoms with van der Waals surface area (Å²) in [7, 11) is 0. The smallest absolute Gasteiger partial charge is 0.337 e. The number of hydrogen-bond acceptors (Lipinski definition) is 3. The van der Waals surface area contributed by atoms with Crippen molar-refractivity contribution in [1.29, 1.82) is 0 Å². The van der Waals surface area contributed by atoms with Crippen LogP contribution >= 0.6 is 0 Å². The average molecular weight is 262 g/mol. The minimum Gasteiger partial charge on any atom is -0.478 e. The van der Waals surface area contributed by atoms with Crippen molar-refractivity contribution in [2.45, 2.75) is 52.6 Å². The van der Waals surface area contributed by atoms with E-state index >= 15 is 0 Å². The number of rotatable bonds is 4. The van der Waals surface area contributed by atoms with Crippen LogP contribution in [0.2, 0.25) is 0 Å². The van der Waals surface area contributed by atoms with Gasteiger partial charge in [-0.05, 0) is 31.9 Å². The Bertz CT molecular complexity index is 483. The van der Waals surface area contributed by atoms with Crippen LogP contribution in [0.25, 0.3) is 0 Å². The lowest BCUT2D eigenvalue weighted by Crippen LogP contribution is -2.36. The lowest BCUT2D eigenvalue weighted by molar-refractivity contribution is 0.0694. The molecule has 1 aliphatic heterocycles. The first-order chi connectivity index (χ1) is 9.02. The third-order valence-electron chi connectivity index (χ3n) is 3.73. The number of pyridine rings is 1. The zero-order valence-corrected chi connectivity index (χ0v) is 11.9. The van der Waals surface area contributed by atoms with E-state index in [0.29, 0.717) is 11.6 Å². The van der Waals surface area contributed by atoms with Gasteiger partial charge in [0.1, 0.15) is 0 Å². The Morgan fingerprint density at radius 1 is 1.53 bits per heavy atom. The summed E-state index contributed by atoms with van der Waals surface area (Å²) >= 11 is 0. The summed E-state index contributed by atoms with van der Waals surface area (Å²) < 4.78 is 0. The second-order valence-corrected chi connectivity index (χ2v) is 5.46. The van der Waals surface area contributed by atoms with Crippen LogP contribution in [0.5, 0.6) is 0 Å². The molecule has 1 aromatic rings. The highest BCUT2D eigenvalue weighted by atomic mass is 16.4. The van der Waals surface area contributed by atoms with Gasteiger partial charge >= 0.3 is 5.97 Å². The highest BCUT2D eigenvalue weighted by molar-refractivity contribution is 5.89. The summed E-state index contributed by atoms with van der Waals surface area (Å²) in [5, 5.41) is 9.32. The molecule has 0 atom stereocenters. The Balaban J connectivity index is 2.37. The van der Waals surface area contributed by atoms with Crippen molar-refractivity contribution in [3.05, 3.63) is 28.6 Å². The first-order valence-corrected chi connectivity index (χ1v) is 7.02. The monoisotopic (exact) mass is 262 g/mol. The molecule has 1 N–H and O–H groups in total. The molecule has 0 radical (unpaired) electrons. The van der Waals surface area contributed by atoms with Gasteiger partial charge < -0.3 is 5.11 Å². The molecule has 2 rings (SSSR count). The highest BCUT2D eigenvalue weighted by Gasteiger charge is 2.22. The minimum atomic E-state index is -0.861. The van der Waals surface area contributed by atoms with Crippen molar-refractivity contribution in [3.63, 3.8) is 0 Å². The van der Waals surface area contributed by atoms with Gasteiger partial charge in [-0.1, -0.05) is 13.3 Å². The zero-order chi connectivity index (χ0) is 14.0. The largest absolute Gasteiger partial charge is 0.478 e. The Hall–Kier alpha value is -1.42. The standard InChI is InChI=1S/C15H22N2O2/c1-4-5-14-12(15(18)19)8-11-9-17(10(2)3)7-6-13(11)16-14/h8,10H,4-7,9H2,1-3H3,(H,18,19). The molecule has 4 nitrogen and oxygen atoms in total. The zero-order valence-electron chi connectivity index (χ0n) is 11.9. The van der Waals surface area contributed by atoms with E-state index < -0.39 is 5.97 Å². The summed E-state index contributed by atoms with van der Waals surface area (Å²) in [6, 6.07) is 2.32. The van der Waals surface area contributed by atoms with Crippen molar-refractivity contribution in [3.8, 4) is 0 Å². The van der Waals surface area contributed by atoms with E-state index in [1.165, 1.54) is 0 Å². The summed E-state index contributed by atoms with van der Waals surface area (Å²) in [6.07, 6.45) is 2.58. The first kappa shape index (κ1) is 14.0. The fourth-order valence-corrected chi connectivity index (χ4v) is 2.59. The van der Waals surface area contributed by atoms with E-state index in [9.17, 15) is 9.90 Å². The van der Waals surface area contributed by atoms with Gasteiger partial charge in [0.25, 0.3) is 0 Å². The molecule has 0 unspecified atom stereocenters. The number of aromatic nitrogens is 1. The Labute approximate surface area is 114 Å². The predicted molar refractivity (Wildman–Crippen MR) is 74.4 cm³/mol. The van der Waals surface area contributed by atoms with E-state index in [2.05, 4.69) is 23.7 Å². The molecular weight excluding hydrogens is 240 g/mol. The van der Waals surface area contributed by atoms with Gasteiger partial charge in [-0.25, -0.2) is 4.79 Å². The molecule has 0 amide bonds. The van der Waals surface area contributed by atoms with Gasteiger partial charge in [0, 0.05) is 31.2 Å². The maximum atomic E-state index is 11.3. The average Bonchev–Trinajstić information content (AvgIpc) is 2.37. The molecule has 19 heavy (non-hydrogen) atoms. The van der Waals surface area contributed by atoms with E-state index in [4.69, 9.17) is 0 Å². The van der Waals surface area contributed by atoms with Crippen molar-refractivity contribution in [2.24, 2.45) is 0 Å². The molecule has 0 fully saturated rings. The number of aromatic carboxylic acids is 1. The number of nitrogens with zero attached hydrogens (tertiary/aromatic N) is 2. The van der Waals surface area contributed by atoms with Crippen molar-refractivity contribution in [2.75, 3.05) is 6.54 Å². The lowest BCUT2D eigenvalue weighted by Gasteiger charge is -2.31. The predicted octanol–water partition coefficient (Wildman–Crippen LogP) is 2.50. The topological polar surface area (TPSA) is 53.4 Å². The second kappa shape index (κ2) is 5.70. The van der Waals surface area contributed by atoms with Gasteiger partial charge in [-0.3, -0.25) is 9.88 Å². The molecule has 104 valence electrons. The van der Waals surface area contributed by atoms with Crippen LogP contribution in [0.4, 0.5) is 0 Å². The van der Waals surface area contributed by atoms with Crippen LogP contribution < -0.4 is 0 Å². The number of hydrogen-bond donors (Lipinski definition) is 1. The van der Waals surface area contributed by atoms with Crippen molar-refractivity contribution in [1.82, 2.24) is 9.88 Å². The van der Waals surface area contributed by atoms with E-state index in [1.807, 2.05) is 13.0 Å². The summed E-state index contributed by atoms with van der Waals surface area (Å²) in [5.74, 6) is -0.861. The third kappa shape index (κ3) is 2.95. The summed E-state index contributed by atoms with van der Waals surface area (Å²) in [6.45, 7) is 8.21.